The highest BCUT2D eigenvalue weighted by atomic mass is 16.3. The minimum atomic E-state index is -0.641. The van der Waals surface area contributed by atoms with E-state index in [-0.39, 0.29) is 22.7 Å². The molecular formula is C14H11N3O4. The van der Waals surface area contributed by atoms with Crippen molar-refractivity contribution in [1.82, 2.24) is 9.88 Å². The van der Waals surface area contributed by atoms with Crippen molar-refractivity contribution in [2.45, 2.75) is 6.92 Å². The summed E-state index contributed by atoms with van der Waals surface area (Å²) < 4.78 is 1.08. The maximum Gasteiger partial charge on any atom is 0.262 e. The molecule has 3 rings (SSSR count). The zero-order valence-corrected chi connectivity index (χ0v) is 11.0. The molecule has 0 atom stereocenters. The number of nitrogens with two attached hydrogens (primary N) is 1. The molecule has 1 aromatic heterocycles. The van der Waals surface area contributed by atoms with Crippen molar-refractivity contribution in [1.29, 1.82) is 0 Å². The van der Waals surface area contributed by atoms with E-state index in [2.05, 4.69) is 5.32 Å². The molecule has 2 heterocycles. The Morgan fingerprint density at radius 1 is 1.14 bits per heavy atom. The largest absolute Gasteiger partial charge is 0.508 e. The van der Waals surface area contributed by atoms with E-state index >= 15 is 0 Å². The van der Waals surface area contributed by atoms with E-state index in [4.69, 9.17) is 5.73 Å². The van der Waals surface area contributed by atoms with Crippen LogP contribution in [0.1, 0.15) is 26.3 Å². The fourth-order valence-electron chi connectivity index (χ4n) is 2.28. The van der Waals surface area contributed by atoms with E-state index < -0.39 is 17.4 Å². The van der Waals surface area contributed by atoms with Crippen LogP contribution in [-0.4, -0.2) is 21.5 Å². The molecule has 0 saturated heterocycles. The van der Waals surface area contributed by atoms with Gasteiger partial charge in [-0.25, -0.2) is 0 Å². The van der Waals surface area contributed by atoms with Gasteiger partial charge in [-0.1, -0.05) is 6.07 Å². The van der Waals surface area contributed by atoms with Crippen LogP contribution in [0.3, 0.4) is 0 Å². The summed E-state index contributed by atoms with van der Waals surface area (Å²) in [7, 11) is 0. The summed E-state index contributed by atoms with van der Waals surface area (Å²) in [6, 6.07) is 5.64. The lowest BCUT2D eigenvalue weighted by atomic mass is 10.1. The van der Waals surface area contributed by atoms with Crippen LogP contribution in [0.2, 0.25) is 0 Å². The first-order valence-electron chi connectivity index (χ1n) is 6.11. The Labute approximate surface area is 118 Å². The number of rotatable bonds is 1. The summed E-state index contributed by atoms with van der Waals surface area (Å²) in [4.78, 5) is 35.4. The number of amides is 2. The number of phenols is 1. The molecule has 21 heavy (non-hydrogen) atoms. The first-order valence-corrected chi connectivity index (χ1v) is 6.11. The fourth-order valence-corrected chi connectivity index (χ4v) is 2.28. The molecule has 106 valence electrons. The summed E-state index contributed by atoms with van der Waals surface area (Å²) >= 11 is 0. The van der Waals surface area contributed by atoms with Crippen LogP contribution in [0.25, 0.3) is 5.69 Å². The number of pyridine rings is 1. The van der Waals surface area contributed by atoms with Crippen LogP contribution in [0, 0.1) is 6.92 Å². The molecule has 1 aliphatic rings. The number of aryl methyl sites for hydroxylation is 1. The number of benzene rings is 1. The molecule has 0 aliphatic carbocycles. The molecule has 0 fully saturated rings. The average molecular weight is 285 g/mol. The number of nitrogens with zero attached hydrogens (tertiary/aromatic N) is 1. The van der Waals surface area contributed by atoms with Crippen molar-refractivity contribution >= 4 is 17.6 Å². The van der Waals surface area contributed by atoms with E-state index in [0.717, 1.165) is 10.6 Å². The Hall–Kier alpha value is -3.09. The number of aromatic hydroxyl groups is 1. The Kier molecular flexibility index (Phi) is 2.59. The monoisotopic (exact) mass is 285 g/mol. The minimum absolute atomic E-state index is 0.000161. The number of nitrogens with one attached hydrogen (secondary N) is 1. The van der Waals surface area contributed by atoms with Gasteiger partial charge in [-0.15, -0.1) is 0 Å². The number of nitrogen functional groups attached to an aromatic ring is 1. The van der Waals surface area contributed by atoms with Gasteiger partial charge in [0, 0.05) is 12.1 Å². The number of aromatic nitrogens is 1. The van der Waals surface area contributed by atoms with Gasteiger partial charge in [0.2, 0.25) is 0 Å². The maximum atomic E-state index is 12.2. The summed E-state index contributed by atoms with van der Waals surface area (Å²) in [6.07, 6.45) is 0. The van der Waals surface area contributed by atoms with Gasteiger partial charge in [-0.05, 0) is 18.6 Å². The molecule has 1 aromatic carbocycles. The third-order valence-corrected chi connectivity index (χ3v) is 3.40. The predicted molar refractivity (Wildman–Crippen MR) is 74.6 cm³/mol. The van der Waals surface area contributed by atoms with Crippen LogP contribution in [0.4, 0.5) is 5.82 Å². The third kappa shape index (κ3) is 1.78. The van der Waals surface area contributed by atoms with E-state index in [9.17, 15) is 19.5 Å². The molecule has 7 heteroatoms. The Bertz CT molecular complexity index is 867. The maximum absolute atomic E-state index is 12.2. The lowest BCUT2D eigenvalue weighted by molar-refractivity contribution is 0.0880. The van der Waals surface area contributed by atoms with Crippen molar-refractivity contribution < 1.29 is 14.7 Å². The molecule has 7 nitrogen and oxygen atoms in total. The highest BCUT2D eigenvalue weighted by Gasteiger charge is 2.31. The highest BCUT2D eigenvalue weighted by Crippen LogP contribution is 2.25. The van der Waals surface area contributed by atoms with Gasteiger partial charge in [0.25, 0.3) is 17.4 Å². The first-order chi connectivity index (χ1) is 9.90. The third-order valence-electron chi connectivity index (χ3n) is 3.40. The second-order valence-electron chi connectivity index (χ2n) is 4.75. The number of carbonyl (C=O) groups is 2. The molecule has 2 amide bonds. The fraction of sp³-hybridized carbons (Fsp3) is 0.0714. The Morgan fingerprint density at radius 2 is 1.86 bits per heavy atom. The number of fused-ring (bicyclic) bond motifs is 1. The van der Waals surface area contributed by atoms with Crippen LogP contribution < -0.4 is 16.6 Å². The number of hydrogen-bond donors (Lipinski definition) is 3. The van der Waals surface area contributed by atoms with Crippen LogP contribution in [0.15, 0.2) is 29.1 Å². The van der Waals surface area contributed by atoms with Crippen LogP contribution in [-0.2, 0) is 0 Å². The standard InChI is InChI=1S/C14H11N3O4/c1-6-2-3-7(4-9(6)18)17-10(19)5-8-11(12(17)15)14(21)16-13(8)20/h2-5,18H,15H2,1H3,(H,16,20,21). The van der Waals surface area contributed by atoms with Gasteiger partial charge in [-0.3, -0.25) is 24.3 Å². The van der Waals surface area contributed by atoms with Gasteiger partial charge in [-0.2, -0.15) is 0 Å². The summed E-state index contributed by atoms with van der Waals surface area (Å²) in [6.45, 7) is 1.71. The Balaban J connectivity index is 2.32. The number of anilines is 1. The van der Waals surface area contributed by atoms with Crippen molar-refractivity contribution in [3.63, 3.8) is 0 Å². The van der Waals surface area contributed by atoms with Gasteiger partial charge in [0.05, 0.1) is 16.8 Å². The van der Waals surface area contributed by atoms with Crippen LogP contribution in [0.5, 0.6) is 5.75 Å². The highest BCUT2D eigenvalue weighted by molar-refractivity contribution is 6.23. The summed E-state index contributed by atoms with van der Waals surface area (Å²) in [5, 5.41) is 11.8. The van der Waals surface area contributed by atoms with Crippen molar-refractivity contribution in [3.8, 4) is 11.4 Å². The summed E-state index contributed by atoms with van der Waals surface area (Å²) in [5.41, 5.74) is 6.21. The lowest BCUT2D eigenvalue weighted by Gasteiger charge is -2.12. The molecule has 2 aromatic rings. The van der Waals surface area contributed by atoms with Crippen molar-refractivity contribution in [2.75, 3.05) is 5.73 Å². The summed E-state index contributed by atoms with van der Waals surface area (Å²) in [5.74, 6) is -1.42. The smallest absolute Gasteiger partial charge is 0.262 e. The molecule has 0 spiro atoms. The zero-order chi connectivity index (χ0) is 15.3. The quantitative estimate of drug-likeness (QED) is 0.653. The number of carbonyl (C=O) groups excluding carboxylic acids is 2. The van der Waals surface area contributed by atoms with E-state index in [1.807, 2.05) is 0 Å². The second kappa shape index (κ2) is 4.20. The lowest BCUT2D eigenvalue weighted by Crippen LogP contribution is -2.24. The van der Waals surface area contributed by atoms with Crippen molar-refractivity contribution in [2.24, 2.45) is 0 Å². The van der Waals surface area contributed by atoms with Gasteiger partial charge >= 0.3 is 0 Å². The molecule has 0 bridgehead atoms. The second-order valence-corrected chi connectivity index (χ2v) is 4.75. The first kappa shape index (κ1) is 12.9. The molecule has 0 unspecified atom stereocenters. The minimum Gasteiger partial charge on any atom is -0.508 e. The van der Waals surface area contributed by atoms with Gasteiger partial charge < -0.3 is 10.8 Å². The normalized spacial score (nSPS) is 13.2. The predicted octanol–water partition coefficient (Wildman–Crippen LogP) is 0.317. The average Bonchev–Trinajstić information content (AvgIpc) is 2.69. The molecule has 4 N–H and O–H groups in total. The van der Waals surface area contributed by atoms with Gasteiger partial charge in [0.1, 0.15) is 11.6 Å². The van der Waals surface area contributed by atoms with E-state index in [1.165, 1.54) is 6.07 Å². The van der Waals surface area contributed by atoms with Crippen molar-refractivity contribution in [3.05, 3.63) is 51.3 Å². The zero-order valence-electron chi connectivity index (χ0n) is 11.0. The SMILES string of the molecule is Cc1ccc(-n2c(N)c3c(cc2=O)C(=O)NC3=O)cc1O. The van der Waals surface area contributed by atoms with E-state index in [0.29, 0.717) is 11.3 Å². The Morgan fingerprint density at radius 3 is 2.52 bits per heavy atom. The topological polar surface area (TPSA) is 114 Å². The van der Waals surface area contributed by atoms with Gasteiger partial charge in [0.15, 0.2) is 0 Å². The molecule has 1 aliphatic heterocycles. The molecular weight excluding hydrogens is 274 g/mol. The molecule has 0 radical (unpaired) electrons. The number of imide groups is 1. The van der Waals surface area contributed by atoms with E-state index in [1.54, 1.807) is 19.1 Å². The number of hydrogen-bond acceptors (Lipinski definition) is 5. The molecule has 0 saturated carbocycles. The van der Waals surface area contributed by atoms with Crippen LogP contribution >= 0.6 is 0 Å². The number of phenolic OH excluding ortho intramolecular Hbond substituents is 1.